The summed E-state index contributed by atoms with van der Waals surface area (Å²) in [6.45, 7) is 1.88. The van der Waals surface area contributed by atoms with E-state index in [1.54, 1.807) is 0 Å². The number of rotatable bonds is 5. The number of fused-ring (bicyclic) bond motifs is 1. The number of benzene rings is 1. The highest BCUT2D eigenvalue weighted by atomic mass is 32.2. The molecule has 142 valence electrons. The Kier molecular flexibility index (Phi) is 5.48. The third kappa shape index (κ3) is 4.18. The Morgan fingerprint density at radius 1 is 1.22 bits per heavy atom. The second-order valence-corrected chi connectivity index (χ2v) is 8.37. The van der Waals surface area contributed by atoms with E-state index in [0.29, 0.717) is 17.2 Å². The predicted octanol–water partition coefficient (Wildman–Crippen LogP) is 4.54. The van der Waals surface area contributed by atoms with Gasteiger partial charge in [0.1, 0.15) is 0 Å². The number of amides is 1. The highest BCUT2D eigenvalue weighted by Crippen LogP contribution is 2.30. The Labute approximate surface area is 162 Å². The molecule has 6 nitrogen and oxygen atoms in total. The van der Waals surface area contributed by atoms with Gasteiger partial charge in [-0.05, 0) is 25.8 Å². The normalized spacial score (nSPS) is 16.9. The molecule has 2 aromatic heterocycles. The number of nitrogens with zero attached hydrogens (tertiary/aromatic N) is 2. The van der Waals surface area contributed by atoms with Crippen LogP contribution in [0.4, 0.5) is 0 Å². The smallest absolute Gasteiger partial charge is 0.277 e. The van der Waals surface area contributed by atoms with E-state index in [1.807, 2.05) is 37.4 Å². The maximum atomic E-state index is 12.5. The Balaban J connectivity index is 1.40. The molecule has 1 aromatic carbocycles. The number of aromatic nitrogens is 3. The fourth-order valence-corrected chi connectivity index (χ4v) is 4.25. The first-order valence-electron chi connectivity index (χ1n) is 9.58. The molecule has 0 spiro atoms. The minimum absolute atomic E-state index is 0.0405. The molecule has 1 saturated carbocycles. The first-order chi connectivity index (χ1) is 13.2. The first kappa shape index (κ1) is 18.1. The van der Waals surface area contributed by atoms with Gasteiger partial charge in [-0.3, -0.25) is 4.79 Å². The number of hydrogen-bond acceptors (Lipinski definition) is 5. The van der Waals surface area contributed by atoms with Gasteiger partial charge in [0.25, 0.3) is 11.1 Å². The van der Waals surface area contributed by atoms with Gasteiger partial charge < -0.3 is 14.7 Å². The lowest BCUT2D eigenvalue weighted by Gasteiger charge is -2.18. The summed E-state index contributed by atoms with van der Waals surface area (Å²) in [6, 6.07) is 8.27. The van der Waals surface area contributed by atoms with Crippen molar-refractivity contribution in [2.45, 2.75) is 62.0 Å². The summed E-state index contributed by atoms with van der Waals surface area (Å²) in [5, 5.41) is 12.6. The van der Waals surface area contributed by atoms with Crippen LogP contribution in [0, 0.1) is 0 Å². The van der Waals surface area contributed by atoms with Crippen LogP contribution in [-0.2, 0) is 4.79 Å². The molecule has 1 aliphatic carbocycles. The van der Waals surface area contributed by atoms with Gasteiger partial charge in [0, 0.05) is 23.1 Å². The van der Waals surface area contributed by atoms with E-state index < -0.39 is 0 Å². The van der Waals surface area contributed by atoms with Gasteiger partial charge in [-0.1, -0.05) is 55.6 Å². The number of hydrogen-bond donors (Lipinski definition) is 2. The van der Waals surface area contributed by atoms with Crippen molar-refractivity contribution in [3.63, 3.8) is 0 Å². The maximum Gasteiger partial charge on any atom is 0.277 e. The average Bonchev–Trinajstić information content (AvgIpc) is 3.22. The van der Waals surface area contributed by atoms with Gasteiger partial charge in [0.2, 0.25) is 5.91 Å². The third-order valence-electron chi connectivity index (χ3n) is 5.07. The van der Waals surface area contributed by atoms with E-state index in [-0.39, 0.29) is 11.2 Å². The molecule has 0 saturated heterocycles. The van der Waals surface area contributed by atoms with Crippen molar-refractivity contribution >= 4 is 28.6 Å². The Bertz CT molecular complexity index is 911. The molecule has 0 radical (unpaired) electrons. The van der Waals surface area contributed by atoms with Gasteiger partial charge in [-0.25, -0.2) is 0 Å². The highest BCUT2D eigenvalue weighted by molar-refractivity contribution is 8.00. The number of thioether (sulfide) groups is 1. The molecule has 1 aliphatic rings. The molecular formula is C20H24N4O2S. The van der Waals surface area contributed by atoms with Crippen molar-refractivity contribution in [3.8, 4) is 11.5 Å². The van der Waals surface area contributed by atoms with Gasteiger partial charge in [0.15, 0.2) is 0 Å². The molecule has 2 heterocycles. The molecule has 1 fully saturated rings. The molecular weight excluding hydrogens is 360 g/mol. The lowest BCUT2D eigenvalue weighted by Crippen LogP contribution is -2.39. The average molecular weight is 385 g/mol. The zero-order valence-corrected chi connectivity index (χ0v) is 16.2. The molecule has 0 bridgehead atoms. The first-order valence-corrected chi connectivity index (χ1v) is 10.5. The molecule has 1 atom stereocenters. The van der Waals surface area contributed by atoms with E-state index in [2.05, 4.69) is 20.5 Å². The number of aromatic amines is 1. The van der Waals surface area contributed by atoms with Crippen LogP contribution in [0.5, 0.6) is 0 Å². The van der Waals surface area contributed by atoms with Gasteiger partial charge in [-0.15, -0.1) is 10.2 Å². The van der Waals surface area contributed by atoms with Crippen molar-refractivity contribution in [1.82, 2.24) is 20.5 Å². The molecule has 27 heavy (non-hydrogen) atoms. The van der Waals surface area contributed by atoms with Gasteiger partial charge in [0.05, 0.1) is 10.8 Å². The molecule has 4 rings (SSSR count). The second kappa shape index (κ2) is 8.17. The number of carbonyl (C=O) groups excluding carboxylic acids is 1. The fraction of sp³-hybridized carbons (Fsp3) is 0.450. The quantitative estimate of drug-likeness (QED) is 0.498. The molecule has 0 unspecified atom stereocenters. The summed E-state index contributed by atoms with van der Waals surface area (Å²) < 4.78 is 5.81. The topological polar surface area (TPSA) is 83.8 Å². The van der Waals surface area contributed by atoms with Crippen molar-refractivity contribution < 1.29 is 9.21 Å². The number of carbonyl (C=O) groups is 1. The van der Waals surface area contributed by atoms with E-state index in [0.717, 1.165) is 29.3 Å². The lowest BCUT2D eigenvalue weighted by atomic mass is 10.1. The standard InChI is InChI=1S/C20H24N4O2S/c1-13(18(25)22-14-8-4-2-3-5-9-14)27-20-24-23-19(26-20)16-12-21-17-11-7-6-10-15(16)17/h6-7,10-14,21H,2-5,8-9H2,1H3,(H,22,25)/t13-/m1/s1. The second-order valence-electron chi connectivity index (χ2n) is 7.08. The zero-order valence-electron chi connectivity index (χ0n) is 15.4. The lowest BCUT2D eigenvalue weighted by molar-refractivity contribution is -0.121. The zero-order chi connectivity index (χ0) is 18.6. The summed E-state index contributed by atoms with van der Waals surface area (Å²) in [5.74, 6) is 0.505. The molecule has 7 heteroatoms. The van der Waals surface area contributed by atoms with Crippen LogP contribution in [0.3, 0.4) is 0 Å². The maximum absolute atomic E-state index is 12.5. The number of nitrogens with one attached hydrogen (secondary N) is 2. The van der Waals surface area contributed by atoms with Crippen molar-refractivity contribution in [2.24, 2.45) is 0 Å². The van der Waals surface area contributed by atoms with Crippen molar-refractivity contribution in [3.05, 3.63) is 30.5 Å². The van der Waals surface area contributed by atoms with Crippen molar-refractivity contribution in [2.75, 3.05) is 0 Å². The van der Waals surface area contributed by atoms with Crippen LogP contribution in [-0.4, -0.2) is 32.4 Å². The Morgan fingerprint density at radius 2 is 2.00 bits per heavy atom. The summed E-state index contributed by atoms with van der Waals surface area (Å²) in [6.07, 6.45) is 8.97. The SMILES string of the molecule is C[C@@H](Sc1nnc(-c2c[nH]c3ccccc23)o1)C(=O)NC1CCCCCC1. The summed E-state index contributed by atoms with van der Waals surface area (Å²) in [7, 11) is 0. The summed E-state index contributed by atoms with van der Waals surface area (Å²) in [5.41, 5.74) is 1.90. The van der Waals surface area contributed by atoms with Crippen LogP contribution in [0.25, 0.3) is 22.4 Å². The van der Waals surface area contributed by atoms with E-state index in [1.165, 1.54) is 37.4 Å². The molecule has 3 aromatic rings. The van der Waals surface area contributed by atoms with Crippen LogP contribution in [0.15, 0.2) is 40.1 Å². The predicted molar refractivity (Wildman–Crippen MR) is 107 cm³/mol. The Hall–Kier alpha value is -2.28. The van der Waals surface area contributed by atoms with Crippen molar-refractivity contribution in [1.29, 1.82) is 0 Å². The summed E-state index contributed by atoms with van der Waals surface area (Å²) in [4.78, 5) is 15.7. The minimum atomic E-state index is -0.274. The van der Waals surface area contributed by atoms with Crippen LogP contribution in [0.1, 0.15) is 45.4 Å². The highest BCUT2D eigenvalue weighted by Gasteiger charge is 2.22. The monoisotopic (exact) mass is 384 g/mol. The fourth-order valence-electron chi connectivity index (χ4n) is 3.56. The van der Waals surface area contributed by atoms with E-state index in [9.17, 15) is 4.79 Å². The summed E-state index contributed by atoms with van der Waals surface area (Å²) >= 11 is 1.31. The van der Waals surface area contributed by atoms with Gasteiger partial charge in [-0.2, -0.15) is 0 Å². The molecule has 0 aliphatic heterocycles. The van der Waals surface area contributed by atoms with Gasteiger partial charge >= 0.3 is 0 Å². The van der Waals surface area contributed by atoms with E-state index >= 15 is 0 Å². The number of H-pyrrole nitrogens is 1. The van der Waals surface area contributed by atoms with E-state index in [4.69, 9.17) is 4.42 Å². The van der Waals surface area contributed by atoms with Crippen LogP contribution in [0.2, 0.25) is 0 Å². The third-order valence-corrected chi connectivity index (χ3v) is 6.01. The largest absolute Gasteiger partial charge is 0.411 e. The Morgan fingerprint density at radius 3 is 2.81 bits per heavy atom. The van der Waals surface area contributed by atoms with Crippen LogP contribution >= 0.6 is 11.8 Å². The minimum Gasteiger partial charge on any atom is -0.411 e. The number of para-hydroxylation sites is 1. The van der Waals surface area contributed by atoms with Crippen LogP contribution < -0.4 is 5.32 Å². The molecule has 2 N–H and O–H groups in total. The molecule has 1 amide bonds.